The van der Waals surface area contributed by atoms with Crippen molar-refractivity contribution in [2.24, 2.45) is 5.92 Å². The normalized spacial score (nSPS) is 23.0. The Bertz CT molecular complexity index is 903. The van der Waals surface area contributed by atoms with Gasteiger partial charge in [-0.15, -0.1) is 12.4 Å². The molecule has 2 N–H and O–H groups in total. The number of alkyl halides is 6. The van der Waals surface area contributed by atoms with Gasteiger partial charge in [-0.2, -0.15) is 22.0 Å². The monoisotopic (exact) mass is 551 g/mol. The van der Waals surface area contributed by atoms with Gasteiger partial charge in [-0.3, -0.25) is 0 Å². The van der Waals surface area contributed by atoms with Crippen LogP contribution >= 0.6 is 12.4 Å². The first-order chi connectivity index (χ1) is 15.9. The molecule has 0 atom stereocenters. The molecule has 1 heterocycles. The maximum absolute atomic E-state index is 13.2. The van der Waals surface area contributed by atoms with Gasteiger partial charge in [0.25, 0.3) is 10.0 Å². The van der Waals surface area contributed by atoms with Crippen molar-refractivity contribution in [2.75, 3.05) is 31.6 Å². The molecule has 35 heavy (non-hydrogen) atoms. The minimum Gasteiger partial charge on any atom is -0.382 e. The van der Waals surface area contributed by atoms with Gasteiger partial charge in [-0.25, -0.2) is 17.5 Å². The van der Waals surface area contributed by atoms with Crippen molar-refractivity contribution < 1.29 is 34.8 Å². The van der Waals surface area contributed by atoms with Crippen molar-refractivity contribution in [1.82, 2.24) is 9.62 Å². The number of nitrogens with one attached hydrogen (secondary N) is 2. The second-order valence-corrected chi connectivity index (χ2v) is 11.1. The second-order valence-electron chi connectivity index (χ2n) is 9.24. The smallest absolute Gasteiger partial charge is 0.382 e. The fourth-order valence-electron chi connectivity index (χ4n) is 4.63. The van der Waals surface area contributed by atoms with Crippen molar-refractivity contribution in [2.45, 2.75) is 68.5 Å². The second kappa shape index (κ2) is 12.3. The third-order valence-corrected chi connectivity index (χ3v) is 8.26. The summed E-state index contributed by atoms with van der Waals surface area (Å²) in [6.45, 7) is 0.259. The predicted octanol–water partition coefficient (Wildman–Crippen LogP) is 5.43. The van der Waals surface area contributed by atoms with E-state index in [1.54, 1.807) is 6.07 Å². The summed E-state index contributed by atoms with van der Waals surface area (Å²) in [6.07, 6.45) is 0.464. The van der Waals surface area contributed by atoms with Gasteiger partial charge in [-0.05, 0) is 75.6 Å². The van der Waals surface area contributed by atoms with Gasteiger partial charge in [0.1, 0.15) is 0 Å². The quantitative estimate of drug-likeness (QED) is 0.402. The fraction of sp³-hybridized carbons (Fsp3) is 0.727. The highest BCUT2D eigenvalue weighted by Gasteiger charge is 2.46. The Hall–Kier alpha value is -1.24. The standard InChI is InChI=1S/C22H31F6N3O2S.ClH/c23-15-21(24,25)34(32,33)30-19-6-4-16(5-7-19)8-11-31-12-9-18(10-13-31)29-20-3-1-2-17(14-20)22(26,27)28;/h1-3,14,16,18-19,29-30H,4-13,15H2;1H. The van der Waals surface area contributed by atoms with E-state index in [-0.39, 0.29) is 18.4 Å². The van der Waals surface area contributed by atoms with E-state index in [0.717, 1.165) is 51.0 Å². The molecule has 0 aromatic heterocycles. The Morgan fingerprint density at radius 3 is 2.14 bits per heavy atom. The Kier molecular flexibility index (Phi) is 10.6. The summed E-state index contributed by atoms with van der Waals surface area (Å²) in [7, 11) is -5.02. The van der Waals surface area contributed by atoms with Crippen molar-refractivity contribution in [3.63, 3.8) is 0 Å². The molecule has 5 nitrogen and oxygen atoms in total. The summed E-state index contributed by atoms with van der Waals surface area (Å²) >= 11 is 0. The highest BCUT2D eigenvalue weighted by Crippen LogP contribution is 2.32. The molecule has 0 spiro atoms. The van der Waals surface area contributed by atoms with Crippen molar-refractivity contribution in [3.05, 3.63) is 29.8 Å². The highest BCUT2D eigenvalue weighted by molar-refractivity contribution is 7.90. The molecule has 0 unspecified atom stereocenters. The first-order valence-corrected chi connectivity index (χ1v) is 13.0. The Labute approximate surface area is 208 Å². The van der Waals surface area contributed by atoms with Gasteiger partial charge in [0.2, 0.25) is 0 Å². The number of hydrogen-bond acceptors (Lipinski definition) is 4. The number of likely N-dealkylation sites (tertiary alicyclic amines) is 1. The van der Waals surface area contributed by atoms with E-state index in [9.17, 15) is 34.8 Å². The molecule has 0 amide bonds. The lowest BCUT2D eigenvalue weighted by atomic mass is 9.84. The number of nitrogens with zero attached hydrogens (tertiary/aromatic N) is 1. The van der Waals surface area contributed by atoms with E-state index in [1.807, 2.05) is 4.72 Å². The third-order valence-electron chi connectivity index (χ3n) is 6.72. The van der Waals surface area contributed by atoms with Crippen molar-refractivity contribution in [1.29, 1.82) is 0 Å². The van der Waals surface area contributed by atoms with E-state index in [4.69, 9.17) is 0 Å². The maximum atomic E-state index is 13.2. The Morgan fingerprint density at radius 1 is 0.943 bits per heavy atom. The predicted molar refractivity (Wildman–Crippen MR) is 125 cm³/mol. The zero-order chi connectivity index (χ0) is 25.0. The highest BCUT2D eigenvalue weighted by atomic mass is 35.5. The van der Waals surface area contributed by atoms with Gasteiger partial charge < -0.3 is 10.2 Å². The largest absolute Gasteiger partial charge is 0.416 e. The van der Waals surface area contributed by atoms with Crippen LogP contribution in [0.2, 0.25) is 0 Å². The van der Waals surface area contributed by atoms with E-state index < -0.39 is 39.7 Å². The summed E-state index contributed by atoms with van der Waals surface area (Å²) < 4.78 is 103. The minimum absolute atomic E-state index is 0. The third kappa shape index (κ3) is 8.40. The van der Waals surface area contributed by atoms with Gasteiger partial charge in [0.05, 0.1) is 5.56 Å². The number of sulfonamides is 1. The molecule has 2 fully saturated rings. The molecule has 3 rings (SSSR count). The molecule has 1 saturated carbocycles. The lowest BCUT2D eigenvalue weighted by molar-refractivity contribution is -0.137. The topological polar surface area (TPSA) is 61.4 Å². The number of halogens is 7. The van der Waals surface area contributed by atoms with Crippen LogP contribution in [0.3, 0.4) is 0 Å². The van der Waals surface area contributed by atoms with Crippen LogP contribution in [0.1, 0.15) is 50.5 Å². The maximum Gasteiger partial charge on any atom is 0.416 e. The van der Waals surface area contributed by atoms with E-state index in [0.29, 0.717) is 37.3 Å². The number of piperidine rings is 1. The summed E-state index contributed by atoms with van der Waals surface area (Å²) in [6, 6.07) is 4.71. The van der Waals surface area contributed by atoms with Crippen molar-refractivity contribution in [3.8, 4) is 0 Å². The van der Waals surface area contributed by atoms with Crippen LogP contribution in [0, 0.1) is 5.92 Å². The van der Waals surface area contributed by atoms with Crippen LogP contribution in [0.4, 0.5) is 32.0 Å². The molecule has 1 aromatic rings. The van der Waals surface area contributed by atoms with Crippen LogP contribution < -0.4 is 10.0 Å². The molecule has 1 aliphatic carbocycles. The number of anilines is 1. The van der Waals surface area contributed by atoms with Gasteiger partial charge >= 0.3 is 11.4 Å². The molecule has 1 aromatic carbocycles. The molecule has 1 aliphatic heterocycles. The van der Waals surface area contributed by atoms with Crippen molar-refractivity contribution >= 4 is 28.1 Å². The lowest BCUT2D eigenvalue weighted by Gasteiger charge is -2.35. The SMILES string of the molecule is Cl.O=S(=O)(NC1CCC(CCN2CCC(Nc3cccc(C(F)(F)F)c3)CC2)CC1)C(F)(F)CF. The van der Waals surface area contributed by atoms with Gasteiger partial charge in [0.15, 0.2) is 6.67 Å². The molecule has 2 aliphatic rings. The van der Waals surface area contributed by atoms with Crippen LogP contribution in [-0.2, 0) is 16.2 Å². The summed E-state index contributed by atoms with van der Waals surface area (Å²) in [5, 5.41) is -1.21. The van der Waals surface area contributed by atoms with E-state index >= 15 is 0 Å². The Balaban J connectivity index is 0.00000432. The summed E-state index contributed by atoms with van der Waals surface area (Å²) in [5.74, 6) is 0.364. The number of hydrogen-bond donors (Lipinski definition) is 2. The van der Waals surface area contributed by atoms with Crippen LogP contribution in [-0.4, -0.2) is 57.0 Å². The minimum atomic E-state index is -5.02. The molecule has 1 saturated heterocycles. The summed E-state index contributed by atoms with van der Waals surface area (Å²) in [5.41, 5.74) is -0.210. The number of benzene rings is 1. The zero-order valence-electron chi connectivity index (χ0n) is 19.2. The zero-order valence-corrected chi connectivity index (χ0v) is 20.8. The Morgan fingerprint density at radius 2 is 1.57 bits per heavy atom. The first kappa shape index (κ1) is 30.0. The molecule has 0 bridgehead atoms. The van der Waals surface area contributed by atoms with Gasteiger partial charge in [-0.1, -0.05) is 6.07 Å². The summed E-state index contributed by atoms with van der Waals surface area (Å²) in [4.78, 5) is 2.31. The molecule has 13 heteroatoms. The molecular formula is C22H32ClF6N3O2S. The fourth-order valence-corrected chi connectivity index (χ4v) is 5.62. The van der Waals surface area contributed by atoms with E-state index in [2.05, 4.69) is 10.2 Å². The lowest BCUT2D eigenvalue weighted by Crippen LogP contribution is -2.47. The van der Waals surface area contributed by atoms with Crippen LogP contribution in [0.15, 0.2) is 24.3 Å². The van der Waals surface area contributed by atoms with Crippen LogP contribution in [0.25, 0.3) is 0 Å². The first-order valence-electron chi connectivity index (χ1n) is 11.5. The molecule has 0 radical (unpaired) electrons. The average Bonchev–Trinajstić information content (AvgIpc) is 2.79. The number of rotatable bonds is 9. The van der Waals surface area contributed by atoms with E-state index in [1.165, 1.54) is 6.07 Å². The van der Waals surface area contributed by atoms with Gasteiger partial charge in [0, 0.05) is 30.9 Å². The van der Waals surface area contributed by atoms with Crippen LogP contribution in [0.5, 0.6) is 0 Å². The average molecular weight is 552 g/mol. The molecular weight excluding hydrogens is 520 g/mol. The molecule has 202 valence electrons.